The number of fused-ring (bicyclic) bond motifs is 1. The van der Waals surface area contributed by atoms with E-state index in [0.717, 1.165) is 22.0 Å². The molecule has 0 aromatic carbocycles. The molecule has 1 saturated carbocycles. The first-order valence-electron chi connectivity index (χ1n) is 6.99. The zero-order valence-electron chi connectivity index (χ0n) is 11.1. The second-order valence-electron chi connectivity index (χ2n) is 5.54. The van der Waals surface area contributed by atoms with Crippen molar-refractivity contribution in [2.24, 2.45) is 5.92 Å². The molecule has 1 N–H and O–H groups in total. The summed E-state index contributed by atoms with van der Waals surface area (Å²) < 4.78 is 2.82. The van der Waals surface area contributed by atoms with Crippen molar-refractivity contribution in [2.45, 2.75) is 45.1 Å². The molecule has 1 fully saturated rings. The summed E-state index contributed by atoms with van der Waals surface area (Å²) in [7, 11) is 0. The van der Waals surface area contributed by atoms with Crippen LogP contribution in [0.3, 0.4) is 0 Å². The van der Waals surface area contributed by atoms with Crippen LogP contribution in [0.1, 0.15) is 39.0 Å². The Morgan fingerprint density at radius 2 is 2.16 bits per heavy atom. The van der Waals surface area contributed by atoms with Gasteiger partial charge in [0.1, 0.15) is 0 Å². The van der Waals surface area contributed by atoms with Gasteiger partial charge in [-0.1, -0.05) is 19.8 Å². The van der Waals surface area contributed by atoms with Crippen molar-refractivity contribution in [1.82, 2.24) is 14.6 Å². The van der Waals surface area contributed by atoms with Gasteiger partial charge in [-0.25, -0.2) is 4.52 Å². The van der Waals surface area contributed by atoms with Crippen LogP contribution in [0.5, 0.6) is 0 Å². The minimum absolute atomic E-state index is 0.519. The van der Waals surface area contributed by atoms with E-state index in [9.17, 15) is 0 Å². The van der Waals surface area contributed by atoms with Gasteiger partial charge in [0.05, 0.1) is 0 Å². The number of pyridine rings is 1. The SMILES string of the molecule is CC1CCCC(Nc2nc3ccc(Br)cn3n2)CC1. The molecule has 2 atom stereocenters. The number of nitrogens with zero attached hydrogens (tertiary/aromatic N) is 3. The van der Waals surface area contributed by atoms with Gasteiger partial charge in [0.15, 0.2) is 5.65 Å². The molecule has 3 rings (SSSR count). The van der Waals surface area contributed by atoms with Crippen molar-refractivity contribution in [3.05, 3.63) is 22.8 Å². The summed E-state index contributed by atoms with van der Waals surface area (Å²) in [5.74, 6) is 1.61. The molecule has 2 aromatic heterocycles. The molecule has 2 heterocycles. The molecule has 2 unspecified atom stereocenters. The van der Waals surface area contributed by atoms with Crippen molar-refractivity contribution in [2.75, 3.05) is 5.32 Å². The largest absolute Gasteiger partial charge is 0.350 e. The van der Waals surface area contributed by atoms with Gasteiger partial charge in [0.2, 0.25) is 5.95 Å². The fraction of sp³-hybridized carbons (Fsp3) is 0.571. The maximum Gasteiger partial charge on any atom is 0.243 e. The minimum atomic E-state index is 0.519. The van der Waals surface area contributed by atoms with E-state index in [4.69, 9.17) is 0 Å². The molecule has 4 nitrogen and oxygen atoms in total. The molecule has 102 valence electrons. The zero-order chi connectivity index (χ0) is 13.2. The second-order valence-corrected chi connectivity index (χ2v) is 6.46. The smallest absolute Gasteiger partial charge is 0.243 e. The third kappa shape index (κ3) is 3.08. The fourth-order valence-electron chi connectivity index (χ4n) is 2.73. The van der Waals surface area contributed by atoms with Crippen LogP contribution in [-0.2, 0) is 0 Å². The number of aromatic nitrogens is 3. The summed E-state index contributed by atoms with van der Waals surface area (Å²) in [5, 5.41) is 7.97. The van der Waals surface area contributed by atoms with E-state index in [0.29, 0.717) is 6.04 Å². The molecule has 1 aliphatic rings. The highest BCUT2D eigenvalue weighted by atomic mass is 79.9. The molecule has 0 bridgehead atoms. The van der Waals surface area contributed by atoms with Crippen molar-refractivity contribution in [3.63, 3.8) is 0 Å². The van der Waals surface area contributed by atoms with Gasteiger partial charge in [0.25, 0.3) is 0 Å². The number of hydrogen-bond donors (Lipinski definition) is 1. The third-order valence-electron chi connectivity index (χ3n) is 3.89. The number of rotatable bonds is 2. The zero-order valence-corrected chi connectivity index (χ0v) is 12.7. The van der Waals surface area contributed by atoms with Crippen LogP contribution in [0, 0.1) is 5.92 Å². The topological polar surface area (TPSA) is 42.2 Å². The van der Waals surface area contributed by atoms with Gasteiger partial charge in [-0.3, -0.25) is 0 Å². The summed E-state index contributed by atoms with van der Waals surface area (Å²) in [6.45, 7) is 2.35. The standard InChI is InChI=1S/C14H19BrN4/c1-10-3-2-4-12(7-5-10)16-14-17-13-8-6-11(15)9-19(13)18-14/h6,8-10,12H,2-5,7H2,1H3,(H,16,18). The van der Waals surface area contributed by atoms with Gasteiger partial charge in [-0.05, 0) is 53.2 Å². The molecule has 0 aliphatic heterocycles. The predicted octanol–water partition coefficient (Wildman–Crippen LogP) is 3.87. The normalized spacial score (nSPS) is 24.3. The number of anilines is 1. The first kappa shape index (κ1) is 12.9. The van der Waals surface area contributed by atoms with Crippen molar-refractivity contribution < 1.29 is 0 Å². The Hall–Kier alpha value is -1.10. The molecule has 0 saturated heterocycles. The van der Waals surface area contributed by atoms with Crippen LogP contribution in [0.2, 0.25) is 0 Å². The molecule has 2 aromatic rings. The lowest BCUT2D eigenvalue weighted by molar-refractivity contribution is 0.501. The molecule has 0 radical (unpaired) electrons. The number of halogens is 1. The number of nitrogens with one attached hydrogen (secondary N) is 1. The Labute approximate surface area is 121 Å². The van der Waals surface area contributed by atoms with Crippen LogP contribution in [0.4, 0.5) is 5.95 Å². The van der Waals surface area contributed by atoms with Crippen molar-refractivity contribution >= 4 is 27.5 Å². The van der Waals surface area contributed by atoms with Crippen LogP contribution >= 0.6 is 15.9 Å². The maximum atomic E-state index is 4.52. The minimum Gasteiger partial charge on any atom is -0.350 e. The molecule has 0 amide bonds. The Balaban J connectivity index is 1.73. The molecular formula is C14H19BrN4. The van der Waals surface area contributed by atoms with E-state index < -0.39 is 0 Å². The number of hydrogen-bond acceptors (Lipinski definition) is 3. The van der Waals surface area contributed by atoms with E-state index in [2.05, 4.69) is 38.3 Å². The van der Waals surface area contributed by atoms with Gasteiger partial charge in [0, 0.05) is 16.7 Å². The first-order valence-corrected chi connectivity index (χ1v) is 7.78. The van der Waals surface area contributed by atoms with Gasteiger partial charge < -0.3 is 5.32 Å². The molecule has 1 aliphatic carbocycles. The van der Waals surface area contributed by atoms with E-state index in [1.165, 1.54) is 32.1 Å². The van der Waals surface area contributed by atoms with E-state index in [1.54, 1.807) is 0 Å². The van der Waals surface area contributed by atoms with E-state index in [-0.39, 0.29) is 0 Å². The lowest BCUT2D eigenvalue weighted by Crippen LogP contribution is -2.19. The maximum absolute atomic E-state index is 4.52. The highest BCUT2D eigenvalue weighted by Crippen LogP contribution is 2.24. The van der Waals surface area contributed by atoms with Crippen LogP contribution in [-0.4, -0.2) is 20.6 Å². The molecule has 5 heteroatoms. The lowest BCUT2D eigenvalue weighted by Gasteiger charge is -2.14. The average Bonchev–Trinajstić information content (AvgIpc) is 2.65. The third-order valence-corrected chi connectivity index (χ3v) is 4.35. The Morgan fingerprint density at radius 3 is 3.05 bits per heavy atom. The highest BCUT2D eigenvalue weighted by Gasteiger charge is 2.17. The fourth-order valence-corrected chi connectivity index (χ4v) is 3.06. The molecule has 0 spiro atoms. The summed E-state index contributed by atoms with van der Waals surface area (Å²) in [6.07, 6.45) is 8.34. The van der Waals surface area contributed by atoms with Crippen LogP contribution in [0.25, 0.3) is 5.65 Å². The average molecular weight is 323 g/mol. The Kier molecular flexibility index (Phi) is 3.73. The van der Waals surface area contributed by atoms with E-state index >= 15 is 0 Å². The summed E-state index contributed by atoms with van der Waals surface area (Å²) in [4.78, 5) is 4.52. The second kappa shape index (κ2) is 5.49. The molecule has 19 heavy (non-hydrogen) atoms. The summed E-state index contributed by atoms with van der Waals surface area (Å²) >= 11 is 3.45. The van der Waals surface area contributed by atoms with Crippen molar-refractivity contribution in [3.8, 4) is 0 Å². The highest BCUT2D eigenvalue weighted by molar-refractivity contribution is 9.10. The van der Waals surface area contributed by atoms with Gasteiger partial charge in [-0.2, -0.15) is 4.98 Å². The molecular weight excluding hydrogens is 304 g/mol. The van der Waals surface area contributed by atoms with Crippen molar-refractivity contribution in [1.29, 1.82) is 0 Å². The van der Waals surface area contributed by atoms with E-state index in [1.807, 2.05) is 22.8 Å². The predicted molar refractivity (Wildman–Crippen MR) is 80.3 cm³/mol. The Morgan fingerprint density at radius 1 is 1.26 bits per heavy atom. The Bertz CT molecular complexity index is 566. The quantitative estimate of drug-likeness (QED) is 0.853. The summed E-state index contributed by atoms with van der Waals surface area (Å²) in [5.41, 5.74) is 0.882. The lowest BCUT2D eigenvalue weighted by atomic mass is 10.0. The first-order chi connectivity index (χ1) is 9.20. The monoisotopic (exact) mass is 322 g/mol. The van der Waals surface area contributed by atoms with Crippen LogP contribution in [0.15, 0.2) is 22.8 Å². The van der Waals surface area contributed by atoms with Crippen LogP contribution < -0.4 is 5.32 Å². The van der Waals surface area contributed by atoms with Gasteiger partial charge >= 0.3 is 0 Å². The van der Waals surface area contributed by atoms with Gasteiger partial charge in [-0.15, -0.1) is 5.10 Å². The summed E-state index contributed by atoms with van der Waals surface area (Å²) in [6, 6.07) is 4.48.